The van der Waals surface area contributed by atoms with Crippen LogP contribution in [0.4, 0.5) is 10.1 Å². The van der Waals surface area contributed by atoms with E-state index in [1.165, 1.54) is 23.6 Å². The van der Waals surface area contributed by atoms with Crippen LogP contribution in [0.2, 0.25) is 0 Å². The molecule has 0 amide bonds. The van der Waals surface area contributed by atoms with Crippen molar-refractivity contribution in [3.8, 4) is 5.75 Å². The standard InChI is InChI=1S/C13H17FN2O3S/c1-3-6-16(9-4-5-9)20(17,18)10-7-11(14)13(19-2)12(15)8-10/h3,7-9H,1,4-6,15H2,2H3. The van der Waals surface area contributed by atoms with Gasteiger partial charge in [-0.25, -0.2) is 12.8 Å². The van der Waals surface area contributed by atoms with Gasteiger partial charge in [-0.15, -0.1) is 6.58 Å². The molecular weight excluding hydrogens is 283 g/mol. The van der Waals surface area contributed by atoms with Crippen LogP contribution in [0.1, 0.15) is 12.8 Å². The Bertz CT molecular complexity index is 603. The summed E-state index contributed by atoms with van der Waals surface area (Å²) in [5, 5.41) is 0. The van der Waals surface area contributed by atoms with Crippen LogP contribution in [0.5, 0.6) is 5.75 Å². The molecule has 2 rings (SSSR count). The summed E-state index contributed by atoms with van der Waals surface area (Å²) in [7, 11) is -2.51. The Morgan fingerprint density at radius 3 is 2.65 bits per heavy atom. The first-order valence-electron chi connectivity index (χ1n) is 6.17. The number of anilines is 1. The molecule has 0 bridgehead atoms. The summed E-state index contributed by atoms with van der Waals surface area (Å²) in [5.41, 5.74) is 5.59. The molecule has 0 aliphatic heterocycles. The lowest BCUT2D eigenvalue weighted by atomic mass is 10.3. The highest BCUT2D eigenvalue weighted by atomic mass is 32.2. The monoisotopic (exact) mass is 300 g/mol. The second kappa shape index (κ2) is 5.41. The van der Waals surface area contributed by atoms with Gasteiger partial charge in [-0.2, -0.15) is 4.31 Å². The Morgan fingerprint density at radius 2 is 2.20 bits per heavy atom. The van der Waals surface area contributed by atoms with Crippen LogP contribution in [0.15, 0.2) is 29.7 Å². The lowest BCUT2D eigenvalue weighted by Gasteiger charge is -2.21. The number of benzene rings is 1. The third kappa shape index (κ3) is 2.64. The van der Waals surface area contributed by atoms with Crippen molar-refractivity contribution >= 4 is 15.7 Å². The molecule has 0 radical (unpaired) electrons. The molecule has 1 aliphatic rings. The Kier molecular flexibility index (Phi) is 4.01. The molecule has 1 aromatic carbocycles. The molecule has 0 spiro atoms. The van der Waals surface area contributed by atoms with E-state index in [1.54, 1.807) is 0 Å². The number of methoxy groups -OCH3 is 1. The SMILES string of the molecule is C=CCN(C1CC1)S(=O)(=O)c1cc(N)c(OC)c(F)c1. The normalized spacial score (nSPS) is 15.3. The van der Waals surface area contributed by atoms with Gasteiger partial charge >= 0.3 is 0 Å². The van der Waals surface area contributed by atoms with E-state index in [2.05, 4.69) is 6.58 Å². The minimum absolute atomic E-state index is 0.0376. The van der Waals surface area contributed by atoms with Gasteiger partial charge in [-0.1, -0.05) is 6.08 Å². The highest BCUT2D eigenvalue weighted by Gasteiger charge is 2.37. The van der Waals surface area contributed by atoms with Crippen LogP contribution in [0, 0.1) is 5.82 Å². The summed E-state index contributed by atoms with van der Waals surface area (Å²) in [6.45, 7) is 3.75. The smallest absolute Gasteiger partial charge is 0.243 e. The Hall–Kier alpha value is -1.60. The minimum atomic E-state index is -3.78. The summed E-state index contributed by atoms with van der Waals surface area (Å²) in [6, 6.07) is 2.11. The van der Waals surface area contributed by atoms with E-state index in [1.807, 2.05) is 0 Å². The van der Waals surface area contributed by atoms with Gasteiger partial charge in [0.25, 0.3) is 0 Å². The van der Waals surface area contributed by atoms with Gasteiger partial charge in [0.2, 0.25) is 10.0 Å². The van der Waals surface area contributed by atoms with E-state index in [-0.39, 0.29) is 28.9 Å². The number of nitrogens with two attached hydrogens (primary N) is 1. The molecule has 1 saturated carbocycles. The highest BCUT2D eigenvalue weighted by Crippen LogP contribution is 2.34. The van der Waals surface area contributed by atoms with Crippen LogP contribution < -0.4 is 10.5 Å². The molecule has 0 saturated heterocycles. The van der Waals surface area contributed by atoms with Gasteiger partial charge in [-0.05, 0) is 25.0 Å². The number of halogens is 1. The molecule has 5 nitrogen and oxygen atoms in total. The first kappa shape index (κ1) is 14.8. The van der Waals surface area contributed by atoms with Crippen LogP contribution in [0.25, 0.3) is 0 Å². The number of sulfonamides is 1. The van der Waals surface area contributed by atoms with Gasteiger partial charge in [-0.3, -0.25) is 0 Å². The van der Waals surface area contributed by atoms with Crippen LogP contribution in [0.3, 0.4) is 0 Å². The molecule has 110 valence electrons. The third-order valence-electron chi connectivity index (χ3n) is 3.12. The van der Waals surface area contributed by atoms with E-state index >= 15 is 0 Å². The van der Waals surface area contributed by atoms with Gasteiger partial charge in [0.05, 0.1) is 17.7 Å². The van der Waals surface area contributed by atoms with E-state index < -0.39 is 15.8 Å². The van der Waals surface area contributed by atoms with Crippen molar-refractivity contribution in [1.29, 1.82) is 0 Å². The molecule has 1 fully saturated rings. The molecule has 1 aromatic rings. The summed E-state index contributed by atoms with van der Waals surface area (Å²) in [6.07, 6.45) is 3.13. The molecule has 7 heteroatoms. The molecule has 0 heterocycles. The second-order valence-electron chi connectivity index (χ2n) is 4.62. The summed E-state index contributed by atoms with van der Waals surface area (Å²) in [4.78, 5) is -0.165. The van der Waals surface area contributed by atoms with E-state index in [4.69, 9.17) is 10.5 Å². The van der Waals surface area contributed by atoms with Gasteiger partial charge in [0.1, 0.15) is 0 Å². The number of rotatable bonds is 6. The molecule has 0 atom stereocenters. The maximum atomic E-state index is 13.8. The zero-order valence-corrected chi connectivity index (χ0v) is 12.0. The van der Waals surface area contributed by atoms with Gasteiger partial charge in [0.15, 0.2) is 11.6 Å². The predicted octanol–water partition coefficient (Wildman–Crippen LogP) is 1.76. The zero-order valence-electron chi connectivity index (χ0n) is 11.2. The maximum Gasteiger partial charge on any atom is 0.243 e. The number of hydrogen-bond acceptors (Lipinski definition) is 4. The second-order valence-corrected chi connectivity index (χ2v) is 6.51. The van der Waals surface area contributed by atoms with Crippen molar-refractivity contribution in [2.75, 3.05) is 19.4 Å². The maximum absolute atomic E-state index is 13.8. The van der Waals surface area contributed by atoms with Crippen molar-refractivity contribution in [3.63, 3.8) is 0 Å². The summed E-state index contributed by atoms with van der Waals surface area (Å²) in [5.74, 6) is -0.939. The number of hydrogen-bond donors (Lipinski definition) is 1. The van der Waals surface area contributed by atoms with Gasteiger partial charge in [0, 0.05) is 12.6 Å². The van der Waals surface area contributed by atoms with Gasteiger partial charge < -0.3 is 10.5 Å². The molecule has 0 unspecified atom stereocenters. The van der Waals surface area contributed by atoms with Crippen molar-refractivity contribution in [2.24, 2.45) is 0 Å². The van der Waals surface area contributed by atoms with E-state index in [9.17, 15) is 12.8 Å². The average Bonchev–Trinajstić information content (AvgIpc) is 3.19. The molecule has 1 aliphatic carbocycles. The first-order valence-corrected chi connectivity index (χ1v) is 7.61. The number of ether oxygens (including phenoxy) is 1. The quantitative estimate of drug-likeness (QED) is 0.642. The number of nitrogens with zero attached hydrogens (tertiary/aromatic N) is 1. The Morgan fingerprint density at radius 1 is 1.55 bits per heavy atom. The Labute approximate surface area is 117 Å². The average molecular weight is 300 g/mol. The first-order chi connectivity index (χ1) is 9.41. The largest absolute Gasteiger partial charge is 0.492 e. The molecular formula is C13H17FN2O3S. The van der Waals surface area contributed by atoms with Crippen LogP contribution in [-0.4, -0.2) is 32.4 Å². The predicted molar refractivity (Wildman–Crippen MR) is 74.5 cm³/mol. The van der Waals surface area contributed by atoms with Crippen molar-refractivity contribution < 1.29 is 17.5 Å². The highest BCUT2D eigenvalue weighted by molar-refractivity contribution is 7.89. The van der Waals surface area contributed by atoms with Crippen molar-refractivity contribution in [2.45, 2.75) is 23.8 Å². The summed E-state index contributed by atoms with van der Waals surface area (Å²) < 4.78 is 45.0. The fourth-order valence-corrected chi connectivity index (χ4v) is 3.73. The fourth-order valence-electron chi connectivity index (χ4n) is 2.02. The van der Waals surface area contributed by atoms with Crippen molar-refractivity contribution in [1.82, 2.24) is 4.31 Å². The third-order valence-corrected chi connectivity index (χ3v) is 5.02. The van der Waals surface area contributed by atoms with E-state index in [0.717, 1.165) is 18.9 Å². The molecule has 2 N–H and O–H groups in total. The Balaban J connectivity index is 2.45. The lowest BCUT2D eigenvalue weighted by molar-refractivity contribution is 0.387. The lowest BCUT2D eigenvalue weighted by Crippen LogP contribution is -2.33. The minimum Gasteiger partial charge on any atom is -0.492 e. The topological polar surface area (TPSA) is 72.6 Å². The van der Waals surface area contributed by atoms with Crippen LogP contribution >= 0.6 is 0 Å². The van der Waals surface area contributed by atoms with Crippen LogP contribution in [-0.2, 0) is 10.0 Å². The molecule has 0 aromatic heterocycles. The zero-order chi connectivity index (χ0) is 14.9. The summed E-state index contributed by atoms with van der Waals surface area (Å²) >= 11 is 0. The van der Waals surface area contributed by atoms with Crippen molar-refractivity contribution in [3.05, 3.63) is 30.6 Å². The molecule has 20 heavy (non-hydrogen) atoms. The fraction of sp³-hybridized carbons (Fsp3) is 0.385. The number of nitrogen functional groups attached to an aromatic ring is 1. The van der Waals surface area contributed by atoms with E-state index in [0.29, 0.717) is 0 Å².